The lowest BCUT2D eigenvalue weighted by molar-refractivity contribution is 0.206. The van der Waals surface area contributed by atoms with E-state index in [1.165, 1.54) is 0 Å². The molecule has 1 saturated carbocycles. The van der Waals surface area contributed by atoms with Crippen molar-refractivity contribution in [1.29, 1.82) is 0 Å². The standard InChI is InChI=1S/C18H21N7O2/c1-23-9-13(8-21-23)10-25(14-3-4-14)18(26)22-16-7-15(5-6-17(16)27-2)24-11-19-20-12-24/h5-9,11-12,14H,3-4,10H2,1-2H3,(H,22,26). The van der Waals surface area contributed by atoms with Crippen LogP contribution in [0, 0.1) is 0 Å². The maximum absolute atomic E-state index is 13.0. The number of carbonyl (C=O) groups excluding carboxylic acids is 1. The quantitative estimate of drug-likeness (QED) is 0.721. The normalized spacial score (nSPS) is 13.4. The molecule has 0 spiro atoms. The molecule has 27 heavy (non-hydrogen) atoms. The zero-order valence-electron chi connectivity index (χ0n) is 15.2. The highest BCUT2D eigenvalue weighted by molar-refractivity contribution is 5.91. The van der Waals surface area contributed by atoms with Gasteiger partial charge in [-0.15, -0.1) is 10.2 Å². The molecule has 2 amide bonds. The first-order valence-corrected chi connectivity index (χ1v) is 8.72. The number of ether oxygens (including phenoxy) is 1. The van der Waals surface area contributed by atoms with Gasteiger partial charge in [0.15, 0.2) is 0 Å². The number of aromatic nitrogens is 5. The summed E-state index contributed by atoms with van der Waals surface area (Å²) in [6.45, 7) is 0.526. The van der Waals surface area contributed by atoms with Crippen molar-refractivity contribution in [3.05, 3.63) is 48.8 Å². The van der Waals surface area contributed by atoms with E-state index in [4.69, 9.17) is 4.74 Å². The van der Waals surface area contributed by atoms with Crippen LogP contribution in [0.15, 0.2) is 43.2 Å². The molecule has 0 atom stereocenters. The van der Waals surface area contributed by atoms with Gasteiger partial charge in [0.25, 0.3) is 0 Å². The summed E-state index contributed by atoms with van der Waals surface area (Å²) in [7, 11) is 3.45. The summed E-state index contributed by atoms with van der Waals surface area (Å²) in [6.07, 6.45) is 8.96. The van der Waals surface area contributed by atoms with Gasteiger partial charge in [-0.2, -0.15) is 5.10 Å². The number of hydrogen-bond acceptors (Lipinski definition) is 5. The van der Waals surface area contributed by atoms with Crippen molar-refractivity contribution < 1.29 is 9.53 Å². The Hall–Kier alpha value is -3.36. The fourth-order valence-electron chi connectivity index (χ4n) is 2.98. The second-order valence-corrected chi connectivity index (χ2v) is 6.57. The molecular formula is C18H21N7O2. The lowest BCUT2D eigenvalue weighted by Crippen LogP contribution is -2.36. The van der Waals surface area contributed by atoms with Crippen LogP contribution >= 0.6 is 0 Å². The molecule has 1 aliphatic carbocycles. The van der Waals surface area contributed by atoms with Crippen LogP contribution in [0.3, 0.4) is 0 Å². The van der Waals surface area contributed by atoms with E-state index in [0.29, 0.717) is 18.0 Å². The Labute approximate surface area is 156 Å². The topological polar surface area (TPSA) is 90.1 Å². The van der Waals surface area contributed by atoms with Gasteiger partial charge in [-0.3, -0.25) is 9.25 Å². The molecular weight excluding hydrogens is 346 g/mol. The lowest BCUT2D eigenvalue weighted by Gasteiger charge is -2.23. The molecule has 1 aromatic carbocycles. The molecule has 2 heterocycles. The molecule has 2 aromatic heterocycles. The Morgan fingerprint density at radius 1 is 1.33 bits per heavy atom. The van der Waals surface area contributed by atoms with Gasteiger partial charge >= 0.3 is 6.03 Å². The molecule has 4 rings (SSSR count). The molecule has 140 valence electrons. The minimum absolute atomic E-state index is 0.152. The predicted octanol–water partition coefficient (Wildman–Crippen LogP) is 2.21. The highest BCUT2D eigenvalue weighted by atomic mass is 16.5. The Morgan fingerprint density at radius 2 is 2.11 bits per heavy atom. The van der Waals surface area contributed by atoms with Crippen LogP contribution in [0.2, 0.25) is 0 Å². The summed E-state index contributed by atoms with van der Waals surface area (Å²) < 4.78 is 8.92. The third-order valence-electron chi connectivity index (χ3n) is 4.50. The van der Waals surface area contributed by atoms with Crippen molar-refractivity contribution in [1.82, 2.24) is 29.4 Å². The number of carbonyl (C=O) groups is 1. The summed E-state index contributed by atoms with van der Waals surface area (Å²) in [6, 6.07) is 5.65. The first-order chi connectivity index (χ1) is 13.1. The maximum atomic E-state index is 13.0. The summed E-state index contributed by atoms with van der Waals surface area (Å²) in [5, 5.41) is 14.8. The summed E-state index contributed by atoms with van der Waals surface area (Å²) in [5.41, 5.74) is 2.44. The highest BCUT2D eigenvalue weighted by Gasteiger charge is 2.33. The molecule has 0 bridgehead atoms. The predicted molar refractivity (Wildman–Crippen MR) is 98.7 cm³/mol. The van der Waals surface area contributed by atoms with E-state index in [0.717, 1.165) is 24.1 Å². The van der Waals surface area contributed by atoms with Crippen LogP contribution in [0.4, 0.5) is 10.5 Å². The number of urea groups is 1. The van der Waals surface area contributed by atoms with Crippen molar-refractivity contribution in [3.63, 3.8) is 0 Å². The Balaban J connectivity index is 1.56. The van der Waals surface area contributed by atoms with Crippen LogP contribution < -0.4 is 10.1 Å². The van der Waals surface area contributed by atoms with E-state index >= 15 is 0 Å². The van der Waals surface area contributed by atoms with Crippen molar-refractivity contribution >= 4 is 11.7 Å². The number of nitrogens with one attached hydrogen (secondary N) is 1. The smallest absolute Gasteiger partial charge is 0.322 e. The molecule has 1 fully saturated rings. The zero-order valence-corrected chi connectivity index (χ0v) is 15.2. The van der Waals surface area contributed by atoms with E-state index in [-0.39, 0.29) is 12.1 Å². The summed E-state index contributed by atoms with van der Waals surface area (Å²) >= 11 is 0. The average Bonchev–Trinajstić information content (AvgIpc) is 3.18. The molecule has 3 aromatic rings. The van der Waals surface area contributed by atoms with Gasteiger partial charge in [0.05, 0.1) is 31.2 Å². The third kappa shape index (κ3) is 3.76. The van der Waals surface area contributed by atoms with Gasteiger partial charge in [0.1, 0.15) is 18.4 Å². The molecule has 0 unspecified atom stereocenters. The number of nitrogens with zero attached hydrogens (tertiary/aromatic N) is 6. The summed E-state index contributed by atoms with van der Waals surface area (Å²) in [4.78, 5) is 14.8. The Bertz CT molecular complexity index is 931. The van der Waals surface area contributed by atoms with Crippen LogP contribution in [0.5, 0.6) is 5.75 Å². The van der Waals surface area contributed by atoms with Gasteiger partial charge in [-0.25, -0.2) is 4.79 Å². The minimum atomic E-state index is -0.152. The monoisotopic (exact) mass is 367 g/mol. The van der Waals surface area contributed by atoms with E-state index in [1.54, 1.807) is 35.2 Å². The van der Waals surface area contributed by atoms with Crippen molar-refractivity contribution in [2.75, 3.05) is 12.4 Å². The molecule has 9 nitrogen and oxygen atoms in total. The van der Waals surface area contributed by atoms with Crippen molar-refractivity contribution in [2.24, 2.45) is 7.05 Å². The largest absolute Gasteiger partial charge is 0.495 e. The Kier molecular flexibility index (Phi) is 4.49. The van der Waals surface area contributed by atoms with E-state index in [2.05, 4.69) is 20.6 Å². The van der Waals surface area contributed by atoms with Crippen molar-refractivity contribution in [2.45, 2.75) is 25.4 Å². The number of hydrogen-bond donors (Lipinski definition) is 1. The SMILES string of the molecule is COc1ccc(-n2cnnc2)cc1NC(=O)N(Cc1cnn(C)c1)C1CC1. The molecule has 1 N–H and O–H groups in total. The third-order valence-corrected chi connectivity index (χ3v) is 4.50. The van der Waals surface area contributed by atoms with Gasteiger partial charge in [-0.1, -0.05) is 0 Å². The van der Waals surface area contributed by atoms with Crippen LogP contribution in [-0.2, 0) is 13.6 Å². The van der Waals surface area contributed by atoms with E-state index < -0.39 is 0 Å². The van der Waals surface area contributed by atoms with Crippen LogP contribution in [0.1, 0.15) is 18.4 Å². The maximum Gasteiger partial charge on any atom is 0.322 e. The van der Waals surface area contributed by atoms with Gasteiger partial charge < -0.3 is 15.0 Å². The Morgan fingerprint density at radius 3 is 2.74 bits per heavy atom. The first-order valence-electron chi connectivity index (χ1n) is 8.72. The minimum Gasteiger partial charge on any atom is -0.495 e. The number of aryl methyl sites for hydroxylation is 1. The molecule has 0 aliphatic heterocycles. The zero-order chi connectivity index (χ0) is 18.8. The van der Waals surface area contributed by atoms with Crippen molar-refractivity contribution in [3.8, 4) is 11.4 Å². The first kappa shape index (κ1) is 17.1. The van der Waals surface area contributed by atoms with E-state index in [1.807, 2.05) is 36.3 Å². The van der Waals surface area contributed by atoms with Gasteiger partial charge in [-0.05, 0) is 31.0 Å². The van der Waals surface area contributed by atoms with Crippen LogP contribution in [-0.4, -0.2) is 48.6 Å². The molecule has 0 saturated heterocycles. The summed E-state index contributed by atoms with van der Waals surface area (Å²) in [5.74, 6) is 0.595. The van der Waals surface area contributed by atoms with E-state index in [9.17, 15) is 4.79 Å². The fourth-order valence-corrected chi connectivity index (χ4v) is 2.98. The highest BCUT2D eigenvalue weighted by Crippen LogP contribution is 2.31. The van der Waals surface area contributed by atoms with Crippen LogP contribution in [0.25, 0.3) is 5.69 Å². The number of amides is 2. The van der Waals surface area contributed by atoms with Gasteiger partial charge in [0, 0.05) is 24.8 Å². The average molecular weight is 367 g/mol. The second-order valence-electron chi connectivity index (χ2n) is 6.57. The second kappa shape index (κ2) is 7.10. The number of rotatable bonds is 6. The molecule has 1 aliphatic rings. The van der Waals surface area contributed by atoms with Gasteiger partial charge in [0.2, 0.25) is 0 Å². The number of anilines is 1. The fraction of sp³-hybridized carbons (Fsp3) is 0.333. The molecule has 9 heteroatoms. The number of methoxy groups -OCH3 is 1. The lowest BCUT2D eigenvalue weighted by atomic mass is 10.2. The molecule has 0 radical (unpaired) electrons. The number of benzene rings is 1.